The van der Waals surface area contributed by atoms with Crippen LogP contribution in [0.5, 0.6) is 0 Å². The summed E-state index contributed by atoms with van der Waals surface area (Å²) in [7, 11) is 0. The van der Waals surface area contributed by atoms with Crippen LogP contribution in [0.25, 0.3) is 0 Å². The summed E-state index contributed by atoms with van der Waals surface area (Å²) in [5, 5.41) is 18.1. The Kier molecular flexibility index (Phi) is 1.58. The van der Waals surface area contributed by atoms with Crippen molar-refractivity contribution in [1.82, 2.24) is 0 Å². The first kappa shape index (κ1) is 6.36. The molecular formula is C7H10O2. The predicted octanol–water partition coefficient (Wildman–Crippen LogP) is 0.995. The van der Waals surface area contributed by atoms with E-state index in [4.69, 9.17) is 10.2 Å². The van der Waals surface area contributed by atoms with Gasteiger partial charge in [0.15, 0.2) is 0 Å². The standard InChI is InChI=1S/C7H10O2/c1-5-6(8)3-2-4-7(5)9/h2-6,8-9H,1H3. The van der Waals surface area contributed by atoms with Crippen LogP contribution in [0, 0.1) is 5.92 Å². The summed E-state index contributed by atoms with van der Waals surface area (Å²) in [6.45, 7) is 1.78. The molecule has 0 saturated carbocycles. The lowest BCUT2D eigenvalue weighted by molar-refractivity contribution is 0.148. The lowest BCUT2D eigenvalue weighted by atomic mass is 9.98. The van der Waals surface area contributed by atoms with E-state index in [9.17, 15) is 0 Å². The minimum absolute atomic E-state index is 0.144. The Labute approximate surface area is 54.1 Å². The average Bonchev–Trinajstić information content (AvgIpc) is 1.83. The zero-order valence-corrected chi connectivity index (χ0v) is 5.28. The van der Waals surface area contributed by atoms with E-state index in [0.717, 1.165) is 0 Å². The topological polar surface area (TPSA) is 40.5 Å². The molecule has 1 aliphatic carbocycles. The van der Waals surface area contributed by atoms with E-state index in [0.29, 0.717) is 0 Å². The van der Waals surface area contributed by atoms with Gasteiger partial charge in [-0.1, -0.05) is 19.1 Å². The average molecular weight is 126 g/mol. The quantitative estimate of drug-likeness (QED) is 0.508. The van der Waals surface area contributed by atoms with E-state index in [-0.39, 0.29) is 11.7 Å². The number of aliphatic hydroxyl groups excluding tert-OH is 2. The SMILES string of the molecule is CC1C(O)=CC=CC1O. The van der Waals surface area contributed by atoms with Gasteiger partial charge in [-0.2, -0.15) is 0 Å². The summed E-state index contributed by atoms with van der Waals surface area (Å²) in [6.07, 6.45) is 4.39. The third kappa shape index (κ3) is 1.13. The van der Waals surface area contributed by atoms with Crippen molar-refractivity contribution in [1.29, 1.82) is 0 Å². The predicted molar refractivity (Wildman–Crippen MR) is 35.0 cm³/mol. The van der Waals surface area contributed by atoms with E-state index in [1.807, 2.05) is 0 Å². The molecule has 2 nitrogen and oxygen atoms in total. The fourth-order valence-corrected chi connectivity index (χ4v) is 0.761. The Hall–Kier alpha value is -0.760. The Bertz CT molecular complexity index is 158. The summed E-state index contributed by atoms with van der Waals surface area (Å²) in [4.78, 5) is 0. The normalized spacial score (nSPS) is 34.2. The first-order valence-electron chi connectivity index (χ1n) is 2.97. The van der Waals surface area contributed by atoms with E-state index in [1.165, 1.54) is 0 Å². The van der Waals surface area contributed by atoms with Crippen molar-refractivity contribution in [2.24, 2.45) is 5.92 Å². The fraction of sp³-hybridized carbons (Fsp3) is 0.429. The fourth-order valence-electron chi connectivity index (χ4n) is 0.761. The third-order valence-electron chi connectivity index (χ3n) is 1.55. The molecule has 0 aromatic carbocycles. The van der Waals surface area contributed by atoms with Gasteiger partial charge in [0.25, 0.3) is 0 Å². The molecule has 0 saturated heterocycles. The molecule has 50 valence electrons. The molecule has 2 unspecified atom stereocenters. The Balaban J connectivity index is 2.73. The number of rotatable bonds is 0. The van der Waals surface area contributed by atoms with Crippen molar-refractivity contribution in [3.8, 4) is 0 Å². The number of hydrogen-bond donors (Lipinski definition) is 2. The van der Waals surface area contributed by atoms with Crippen LogP contribution in [-0.4, -0.2) is 16.3 Å². The minimum Gasteiger partial charge on any atom is -0.512 e. The lowest BCUT2D eigenvalue weighted by Gasteiger charge is -2.16. The van der Waals surface area contributed by atoms with E-state index in [1.54, 1.807) is 25.2 Å². The van der Waals surface area contributed by atoms with Crippen molar-refractivity contribution in [2.75, 3.05) is 0 Å². The van der Waals surface area contributed by atoms with Gasteiger partial charge in [-0.05, 0) is 6.08 Å². The van der Waals surface area contributed by atoms with Gasteiger partial charge in [0.1, 0.15) is 0 Å². The molecule has 0 heterocycles. The molecule has 2 heteroatoms. The molecular weight excluding hydrogens is 116 g/mol. The summed E-state index contributed by atoms with van der Waals surface area (Å²) in [5.41, 5.74) is 0. The highest BCUT2D eigenvalue weighted by atomic mass is 16.3. The smallest absolute Gasteiger partial charge is 0.0979 e. The van der Waals surface area contributed by atoms with Crippen LogP contribution in [0.3, 0.4) is 0 Å². The van der Waals surface area contributed by atoms with Gasteiger partial charge in [0.05, 0.1) is 11.9 Å². The van der Waals surface area contributed by atoms with Crippen molar-refractivity contribution in [3.05, 3.63) is 24.0 Å². The van der Waals surface area contributed by atoms with Gasteiger partial charge in [-0.15, -0.1) is 0 Å². The second-order valence-corrected chi connectivity index (χ2v) is 2.26. The summed E-state index contributed by atoms with van der Waals surface area (Å²) >= 11 is 0. The first-order chi connectivity index (χ1) is 4.22. The maximum absolute atomic E-state index is 9.06. The molecule has 0 aliphatic heterocycles. The van der Waals surface area contributed by atoms with Crippen LogP contribution in [0.2, 0.25) is 0 Å². The Morgan fingerprint density at radius 1 is 1.56 bits per heavy atom. The number of aliphatic hydroxyl groups is 2. The second-order valence-electron chi connectivity index (χ2n) is 2.26. The van der Waals surface area contributed by atoms with E-state index < -0.39 is 6.10 Å². The summed E-state index contributed by atoms with van der Waals surface area (Å²) < 4.78 is 0. The van der Waals surface area contributed by atoms with Gasteiger partial charge >= 0.3 is 0 Å². The van der Waals surface area contributed by atoms with E-state index in [2.05, 4.69) is 0 Å². The molecule has 2 atom stereocenters. The molecule has 0 fully saturated rings. The van der Waals surface area contributed by atoms with Crippen LogP contribution in [0.15, 0.2) is 24.0 Å². The maximum atomic E-state index is 9.06. The molecule has 0 aromatic rings. The van der Waals surface area contributed by atoms with Gasteiger partial charge in [0.2, 0.25) is 0 Å². The molecule has 0 amide bonds. The molecule has 0 bridgehead atoms. The summed E-state index contributed by atoms with van der Waals surface area (Å²) in [6, 6.07) is 0. The highest BCUT2D eigenvalue weighted by molar-refractivity contribution is 5.18. The molecule has 9 heavy (non-hydrogen) atoms. The molecule has 1 aliphatic rings. The zero-order valence-electron chi connectivity index (χ0n) is 5.28. The highest BCUT2D eigenvalue weighted by Gasteiger charge is 2.16. The van der Waals surface area contributed by atoms with Gasteiger partial charge in [-0.3, -0.25) is 0 Å². The largest absolute Gasteiger partial charge is 0.512 e. The van der Waals surface area contributed by atoms with Gasteiger partial charge in [0, 0.05) is 5.92 Å². The van der Waals surface area contributed by atoms with Gasteiger partial charge in [-0.25, -0.2) is 0 Å². The van der Waals surface area contributed by atoms with Crippen molar-refractivity contribution in [2.45, 2.75) is 13.0 Å². The Morgan fingerprint density at radius 3 is 2.67 bits per heavy atom. The van der Waals surface area contributed by atoms with Crippen molar-refractivity contribution >= 4 is 0 Å². The maximum Gasteiger partial charge on any atom is 0.0979 e. The van der Waals surface area contributed by atoms with Crippen LogP contribution < -0.4 is 0 Å². The van der Waals surface area contributed by atoms with Crippen LogP contribution in [-0.2, 0) is 0 Å². The Morgan fingerprint density at radius 2 is 2.22 bits per heavy atom. The highest BCUT2D eigenvalue weighted by Crippen LogP contribution is 2.16. The number of allylic oxidation sites excluding steroid dienone is 2. The minimum atomic E-state index is -0.519. The molecule has 0 radical (unpaired) electrons. The summed E-state index contributed by atoms with van der Waals surface area (Å²) in [5.74, 6) is 0.111. The molecule has 0 aromatic heterocycles. The third-order valence-corrected chi connectivity index (χ3v) is 1.55. The van der Waals surface area contributed by atoms with Crippen LogP contribution >= 0.6 is 0 Å². The van der Waals surface area contributed by atoms with Crippen LogP contribution in [0.4, 0.5) is 0 Å². The van der Waals surface area contributed by atoms with Gasteiger partial charge < -0.3 is 10.2 Å². The monoisotopic (exact) mass is 126 g/mol. The molecule has 2 N–H and O–H groups in total. The van der Waals surface area contributed by atoms with Crippen LogP contribution in [0.1, 0.15) is 6.92 Å². The first-order valence-corrected chi connectivity index (χ1v) is 2.97. The van der Waals surface area contributed by atoms with E-state index >= 15 is 0 Å². The number of hydrogen-bond acceptors (Lipinski definition) is 2. The van der Waals surface area contributed by atoms with Crippen molar-refractivity contribution in [3.63, 3.8) is 0 Å². The second kappa shape index (κ2) is 2.23. The van der Waals surface area contributed by atoms with Crippen molar-refractivity contribution < 1.29 is 10.2 Å². The lowest BCUT2D eigenvalue weighted by Crippen LogP contribution is -2.18. The zero-order chi connectivity index (χ0) is 6.85. The molecule has 0 spiro atoms. The molecule has 1 rings (SSSR count).